The maximum absolute atomic E-state index is 10.3. The standard InChI is InChI=1S/C22H32O4/c1-2-20(23)21(24)18-16-14-12-10-8-6-4-3-5-7-9-11-13-15-17-19-22(25)26/h3-4,7-14,16,18,20-21,23-24H,2,5-6,15,17,19H2,1H3,(H,25,26)/b4-3+,9-7+,10-8+,13-11+,14-12+,18-16+. The van der Waals surface area contributed by atoms with Crippen molar-refractivity contribution in [1.82, 2.24) is 0 Å². The quantitative estimate of drug-likeness (QED) is 0.242. The molecular weight excluding hydrogens is 328 g/mol. The zero-order valence-electron chi connectivity index (χ0n) is 15.6. The average Bonchev–Trinajstić information content (AvgIpc) is 2.63. The van der Waals surface area contributed by atoms with Crippen molar-refractivity contribution < 1.29 is 20.1 Å². The first-order valence-corrected chi connectivity index (χ1v) is 9.12. The summed E-state index contributed by atoms with van der Waals surface area (Å²) in [6, 6.07) is 0. The molecule has 0 aliphatic heterocycles. The van der Waals surface area contributed by atoms with Gasteiger partial charge in [0.1, 0.15) is 0 Å². The van der Waals surface area contributed by atoms with Crippen molar-refractivity contribution in [3.63, 3.8) is 0 Å². The fourth-order valence-corrected chi connectivity index (χ4v) is 1.89. The van der Waals surface area contributed by atoms with E-state index in [0.29, 0.717) is 12.8 Å². The lowest BCUT2D eigenvalue weighted by atomic mass is 10.1. The lowest BCUT2D eigenvalue weighted by Gasteiger charge is -2.10. The lowest BCUT2D eigenvalue weighted by Crippen LogP contribution is -2.22. The molecule has 0 radical (unpaired) electrons. The number of carboxylic acid groups (broad SMARTS) is 1. The molecule has 26 heavy (non-hydrogen) atoms. The van der Waals surface area contributed by atoms with Gasteiger partial charge in [-0.15, -0.1) is 0 Å². The van der Waals surface area contributed by atoms with Crippen molar-refractivity contribution in [2.75, 3.05) is 0 Å². The van der Waals surface area contributed by atoms with Crippen LogP contribution in [0.15, 0.2) is 72.9 Å². The molecule has 3 N–H and O–H groups in total. The van der Waals surface area contributed by atoms with Crippen molar-refractivity contribution in [1.29, 1.82) is 0 Å². The SMILES string of the molecule is CCC(O)C(O)/C=C/C=C/C=C/C/C=C/C/C=C/C=C/CCCC(=O)O. The van der Waals surface area contributed by atoms with Gasteiger partial charge in [-0.1, -0.05) is 79.8 Å². The van der Waals surface area contributed by atoms with Crippen LogP contribution in [0.25, 0.3) is 0 Å². The van der Waals surface area contributed by atoms with Gasteiger partial charge >= 0.3 is 5.97 Å². The number of unbranched alkanes of at least 4 members (excludes halogenated alkanes) is 1. The highest BCUT2D eigenvalue weighted by Gasteiger charge is 2.08. The van der Waals surface area contributed by atoms with Crippen LogP contribution in [0.5, 0.6) is 0 Å². The maximum Gasteiger partial charge on any atom is 0.303 e. The summed E-state index contributed by atoms with van der Waals surface area (Å²) in [5.74, 6) is -0.745. The number of aliphatic hydroxyl groups is 2. The Morgan fingerprint density at radius 3 is 2.04 bits per heavy atom. The molecule has 4 nitrogen and oxygen atoms in total. The summed E-state index contributed by atoms with van der Waals surface area (Å²) in [7, 11) is 0. The van der Waals surface area contributed by atoms with Gasteiger partial charge in [-0.25, -0.2) is 0 Å². The molecule has 0 spiro atoms. The molecule has 0 aromatic carbocycles. The topological polar surface area (TPSA) is 77.8 Å². The van der Waals surface area contributed by atoms with Crippen molar-refractivity contribution in [3.8, 4) is 0 Å². The molecule has 0 amide bonds. The Bertz CT molecular complexity index is 524. The molecule has 0 fully saturated rings. The molecule has 2 atom stereocenters. The summed E-state index contributed by atoms with van der Waals surface area (Å²) in [5.41, 5.74) is 0. The molecule has 4 heteroatoms. The first kappa shape index (κ1) is 23.8. The van der Waals surface area contributed by atoms with E-state index >= 15 is 0 Å². The predicted octanol–water partition coefficient (Wildman–Crippen LogP) is 4.49. The highest BCUT2D eigenvalue weighted by Crippen LogP contribution is 2.00. The van der Waals surface area contributed by atoms with Crippen LogP contribution < -0.4 is 0 Å². The van der Waals surface area contributed by atoms with Gasteiger partial charge in [-0.3, -0.25) is 4.79 Å². The molecule has 0 bridgehead atoms. The van der Waals surface area contributed by atoms with Crippen LogP contribution in [0.1, 0.15) is 45.4 Å². The zero-order chi connectivity index (χ0) is 19.5. The third-order valence-electron chi connectivity index (χ3n) is 3.45. The van der Waals surface area contributed by atoms with Crippen LogP contribution in [-0.2, 0) is 4.79 Å². The van der Waals surface area contributed by atoms with Gasteiger partial charge in [0.05, 0.1) is 12.2 Å². The minimum Gasteiger partial charge on any atom is -0.481 e. The second-order valence-corrected chi connectivity index (χ2v) is 5.75. The van der Waals surface area contributed by atoms with Gasteiger partial charge in [-0.05, 0) is 32.1 Å². The largest absolute Gasteiger partial charge is 0.481 e. The summed E-state index contributed by atoms with van der Waals surface area (Å²) in [6.07, 6.45) is 25.5. The Balaban J connectivity index is 3.74. The zero-order valence-corrected chi connectivity index (χ0v) is 15.6. The number of hydrogen-bond acceptors (Lipinski definition) is 3. The molecule has 0 aliphatic carbocycles. The summed E-state index contributed by atoms with van der Waals surface area (Å²) >= 11 is 0. The van der Waals surface area contributed by atoms with Gasteiger partial charge in [0.2, 0.25) is 0 Å². The highest BCUT2D eigenvalue weighted by molar-refractivity contribution is 5.66. The van der Waals surface area contributed by atoms with E-state index in [-0.39, 0.29) is 6.42 Å². The summed E-state index contributed by atoms with van der Waals surface area (Å²) in [6.45, 7) is 1.82. The molecule has 0 saturated heterocycles. The molecule has 0 aromatic heterocycles. The van der Waals surface area contributed by atoms with Crippen molar-refractivity contribution in [2.45, 2.75) is 57.7 Å². The number of allylic oxidation sites excluding steroid dienone is 11. The van der Waals surface area contributed by atoms with Crippen molar-refractivity contribution in [2.24, 2.45) is 0 Å². The minimum absolute atomic E-state index is 0.222. The van der Waals surface area contributed by atoms with Gasteiger partial charge < -0.3 is 15.3 Å². The van der Waals surface area contributed by atoms with E-state index in [1.54, 1.807) is 12.2 Å². The van der Waals surface area contributed by atoms with Crippen LogP contribution in [-0.4, -0.2) is 33.5 Å². The smallest absolute Gasteiger partial charge is 0.303 e. The van der Waals surface area contributed by atoms with Crippen LogP contribution in [0.4, 0.5) is 0 Å². The van der Waals surface area contributed by atoms with Crippen molar-refractivity contribution >= 4 is 5.97 Å². The maximum atomic E-state index is 10.3. The van der Waals surface area contributed by atoms with Crippen molar-refractivity contribution in [3.05, 3.63) is 72.9 Å². The highest BCUT2D eigenvalue weighted by atomic mass is 16.4. The van der Waals surface area contributed by atoms with E-state index < -0.39 is 18.2 Å². The first-order chi connectivity index (χ1) is 12.6. The Hall–Kier alpha value is -2.17. The summed E-state index contributed by atoms with van der Waals surface area (Å²) in [5, 5.41) is 27.4. The van der Waals surface area contributed by atoms with Crippen LogP contribution in [0.2, 0.25) is 0 Å². The molecule has 2 unspecified atom stereocenters. The van der Waals surface area contributed by atoms with E-state index in [1.165, 1.54) is 0 Å². The fourth-order valence-electron chi connectivity index (χ4n) is 1.89. The Kier molecular flexibility index (Phi) is 16.2. The number of aliphatic hydroxyl groups excluding tert-OH is 2. The van der Waals surface area contributed by atoms with Crippen LogP contribution >= 0.6 is 0 Å². The number of aliphatic carboxylic acids is 1. The molecular formula is C22H32O4. The van der Waals surface area contributed by atoms with E-state index in [9.17, 15) is 15.0 Å². The fraction of sp³-hybridized carbons (Fsp3) is 0.409. The minimum atomic E-state index is -0.816. The Morgan fingerprint density at radius 2 is 1.42 bits per heavy atom. The van der Waals surface area contributed by atoms with Gasteiger partial charge in [0.25, 0.3) is 0 Å². The predicted molar refractivity (Wildman–Crippen MR) is 108 cm³/mol. The summed E-state index contributed by atoms with van der Waals surface area (Å²) in [4.78, 5) is 10.3. The number of carboxylic acids is 1. The Labute approximate surface area is 157 Å². The second kappa shape index (κ2) is 17.6. The first-order valence-electron chi connectivity index (χ1n) is 9.12. The number of rotatable bonds is 14. The summed E-state index contributed by atoms with van der Waals surface area (Å²) < 4.78 is 0. The van der Waals surface area contributed by atoms with E-state index in [2.05, 4.69) is 18.2 Å². The van der Waals surface area contributed by atoms with Crippen LogP contribution in [0, 0.1) is 0 Å². The molecule has 144 valence electrons. The molecule has 0 saturated carbocycles. The number of carbonyl (C=O) groups is 1. The van der Waals surface area contributed by atoms with E-state index in [0.717, 1.165) is 19.3 Å². The molecule has 0 aromatic rings. The van der Waals surface area contributed by atoms with Gasteiger partial charge in [0, 0.05) is 6.42 Å². The lowest BCUT2D eigenvalue weighted by molar-refractivity contribution is -0.137. The third kappa shape index (κ3) is 16.7. The molecule has 0 heterocycles. The van der Waals surface area contributed by atoms with E-state index in [1.807, 2.05) is 49.5 Å². The van der Waals surface area contributed by atoms with E-state index in [4.69, 9.17) is 5.11 Å². The average molecular weight is 360 g/mol. The van der Waals surface area contributed by atoms with Crippen LogP contribution in [0.3, 0.4) is 0 Å². The third-order valence-corrected chi connectivity index (χ3v) is 3.45. The normalized spacial score (nSPS) is 15.5. The molecule has 0 aliphatic rings. The molecule has 0 rings (SSSR count). The van der Waals surface area contributed by atoms with Gasteiger partial charge in [0.15, 0.2) is 0 Å². The Morgan fingerprint density at radius 1 is 0.846 bits per heavy atom. The number of hydrogen-bond donors (Lipinski definition) is 3. The second-order valence-electron chi connectivity index (χ2n) is 5.75. The van der Waals surface area contributed by atoms with Gasteiger partial charge in [-0.2, -0.15) is 0 Å². The monoisotopic (exact) mass is 360 g/mol.